The van der Waals surface area contributed by atoms with Gasteiger partial charge in [-0.15, -0.1) is 0 Å². The van der Waals surface area contributed by atoms with Gasteiger partial charge in [0.2, 0.25) is 0 Å². The Labute approximate surface area is 123 Å². The van der Waals surface area contributed by atoms with Crippen molar-refractivity contribution in [2.75, 3.05) is 7.05 Å². The summed E-state index contributed by atoms with van der Waals surface area (Å²) >= 11 is 0. The molecule has 0 saturated heterocycles. The lowest BCUT2D eigenvalue weighted by atomic mass is 10.1. The normalized spacial score (nSPS) is 11.8. The Morgan fingerprint density at radius 1 is 1.33 bits per heavy atom. The smallest absolute Gasteiger partial charge is 0.317 e. The molecule has 2 N–H and O–H groups in total. The van der Waals surface area contributed by atoms with Gasteiger partial charge in [-0.2, -0.15) is 0 Å². The van der Waals surface area contributed by atoms with Gasteiger partial charge in [0.05, 0.1) is 0 Å². The molecule has 2 amide bonds. The molecule has 1 aromatic rings. The third-order valence-electron chi connectivity index (χ3n) is 3.08. The highest BCUT2D eigenvalue weighted by Gasteiger charge is 2.12. The van der Waals surface area contributed by atoms with Gasteiger partial charge in [-0.05, 0) is 37.5 Å². The van der Waals surface area contributed by atoms with Gasteiger partial charge in [0.1, 0.15) is 5.82 Å². The maximum atomic E-state index is 12.8. The quantitative estimate of drug-likeness (QED) is 0.812. The first-order valence-electron chi connectivity index (χ1n) is 6.86. The summed E-state index contributed by atoms with van der Waals surface area (Å²) in [6.45, 7) is 2.22. The summed E-state index contributed by atoms with van der Waals surface area (Å²) in [5, 5.41) is 11.4. The molecule has 5 nitrogen and oxygen atoms in total. The maximum Gasteiger partial charge on any atom is 0.317 e. The van der Waals surface area contributed by atoms with Crippen molar-refractivity contribution in [3.63, 3.8) is 0 Å². The average molecular weight is 296 g/mol. The van der Waals surface area contributed by atoms with E-state index < -0.39 is 5.97 Å². The molecule has 0 aliphatic rings. The van der Waals surface area contributed by atoms with Gasteiger partial charge in [-0.3, -0.25) is 4.79 Å². The van der Waals surface area contributed by atoms with Crippen LogP contribution in [0.5, 0.6) is 0 Å². The van der Waals surface area contributed by atoms with Crippen LogP contribution >= 0.6 is 0 Å². The van der Waals surface area contributed by atoms with E-state index in [1.54, 1.807) is 19.2 Å². The zero-order chi connectivity index (χ0) is 15.8. The van der Waals surface area contributed by atoms with Crippen molar-refractivity contribution in [2.45, 2.75) is 38.8 Å². The zero-order valence-corrected chi connectivity index (χ0v) is 12.3. The average Bonchev–Trinajstić information content (AvgIpc) is 2.40. The first-order chi connectivity index (χ1) is 9.88. The van der Waals surface area contributed by atoms with Crippen LogP contribution in [0.15, 0.2) is 24.3 Å². The van der Waals surface area contributed by atoms with Crippen LogP contribution in [0.4, 0.5) is 9.18 Å². The SMILES string of the molecule is CC(CCCC(=O)O)NC(=O)N(C)Cc1ccc(F)cc1. The minimum atomic E-state index is -0.832. The van der Waals surface area contributed by atoms with Crippen LogP contribution in [0.3, 0.4) is 0 Å². The summed E-state index contributed by atoms with van der Waals surface area (Å²) in [6.07, 6.45) is 1.24. The standard InChI is InChI=1S/C15H21FN2O3/c1-11(4-3-5-14(19)20)17-15(21)18(2)10-12-6-8-13(16)9-7-12/h6-9,11H,3-5,10H2,1-2H3,(H,17,21)(H,19,20). The van der Waals surface area contributed by atoms with Crippen LogP contribution in [-0.4, -0.2) is 35.1 Å². The molecule has 0 aliphatic heterocycles. The molecule has 0 spiro atoms. The van der Waals surface area contributed by atoms with E-state index in [4.69, 9.17) is 5.11 Å². The van der Waals surface area contributed by atoms with E-state index in [-0.39, 0.29) is 24.3 Å². The molecule has 1 unspecified atom stereocenters. The monoisotopic (exact) mass is 296 g/mol. The lowest BCUT2D eigenvalue weighted by molar-refractivity contribution is -0.137. The van der Waals surface area contributed by atoms with Crippen molar-refractivity contribution in [1.29, 1.82) is 0 Å². The van der Waals surface area contributed by atoms with Crippen LogP contribution in [0.1, 0.15) is 31.7 Å². The highest BCUT2D eigenvalue weighted by Crippen LogP contribution is 2.06. The third kappa shape index (κ3) is 6.74. The van der Waals surface area contributed by atoms with E-state index in [0.29, 0.717) is 19.4 Å². The number of aliphatic carboxylic acids is 1. The summed E-state index contributed by atoms with van der Waals surface area (Å²) < 4.78 is 12.8. The van der Waals surface area contributed by atoms with Crippen molar-refractivity contribution in [1.82, 2.24) is 10.2 Å². The zero-order valence-electron chi connectivity index (χ0n) is 12.3. The summed E-state index contributed by atoms with van der Waals surface area (Å²) in [6, 6.07) is 5.66. The molecule has 116 valence electrons. The Morgan fingerprint density at radius 3 is 2.52 bits per heavy atom. The third-order valence-corrected chi connectivity index (χ3v) is 3.08. The van der Waals surface area contributed by atoms with Crippen LogP contribution in [-0.2, 0) is 11.3 Å². The van der Waals surface area contributed by atoms with E-state index in [1.807, 2.05) is 6.92 Å². The van der Waals surface area contributed by atoms with Crippen molar-refractivity contribution in [3.05, 3.63) is 35.6 Å². The number of urea groups is 1. The fraction of sp³-hybridized carbons (Fsp3) is 0.467. The van der Waals surface area contributed by atoms with Crippen LogP contribution < -0.4 is 5.32 Å². The molecule has 0 radical (unpaired) electrons. The topological polar surface area (TPSA) is 69.6 Å². The minimum absolute atomic E-state index is 0.0903. The van der Waals surface area contributed by atoms with Crippen molar-refractivity contribution < 1.29 is 19.1 Å². The van der Waals surface area contributed by atoms with Crippen molar-refractivity contribution in [3.8, 4) is 0 Å². The molecule has 1 aromatic carbocycles. The Balaban J connectivity index is 2.36. The number of carbonyl (C=O) groups excluding carboxylic acids is 1. The summed E-state index contributed by atoms with van der Waals surface area (Å²) in [5.41, 5.74) is 0.840. The number of nitrogens with zero attached hydrogens (tertiary/aromatic N) is 1. The Hall–Kier alpha value is -2.11. The molecule has 0 aliphatic carbocycles. The predicted molar refractivity (Wildman–Crippen MR) is 77.3 cm³/mol. The van der Waals surface area contributed by atoms with E-state index in [2.05, 4.69) is 5.32 Å². The predicted octanol–water partition coefficient (Wildman–Crippen LogP) is 2.61. The highest BCUT2D eigenvalue weighted by molar-refractivity contribution is 5.74. The molecular weight excluding hydrogens is 275 g/mol. The lowest BCUT2D eigenvalue weighted by Crippen LogP contribution is -2.41. The fourth-order valence-corrected chi connectivity index (χ4v) is 1.89. The van der Waals surface area contributed by atoms with Crippen molar-refractivity contribution >= 4 is 12.0 Å². The summed E-state index contributed by atoms with van der Waals surface area (Å²) in [7, 11) is 1.66. The van der Waals surface area contributed by atoms with Crippen molar-refractivity contribution in [2.24, 2.45) is 0 Å². The number of hydrogen-bond donors (Lipinski definition) is 2. The molecule has 0 bridgehead atoms. The molecular formula is C15H21FN2O3. The second-order valence-corrected chi connectivity index (χ2v) is 5.12. The number of carbonyl (C=O) groups is 2. The Morgan fingerprint density at radius 2 is 1.95 bits per heavy atom. The number of benzene rings is 1. The second-order valence-electron chi connectivity index (χ2n) is 5.12. The number of amides is 2. The van der Waals surface area contributed by atoms with E-state index in [1.165, 1.54) is 17.0 Å². The Kier molecular flexibility index (Phi) is 6.65. The van der Waals surface area contributed by atoms with Gasteiger partial charge in [0, 0.05) is 26.1 Å². The van der Waals surface area contributed by atoms with Crippen LogP contribution in [0.2, 0.25) is 0 Å². The molecule has 0 aromatic heterocycles. The summed E-state index contributed by atoms with van der Waals surface area (Å²) in [5.74, 6) is -1.14. The number of halogens is 1. The largest absolute Gasteiger partial charge is 0.481 e. The van der Waals surface area contributed by atoms with E-state index in [0.717, 1.165) is 5.56 Å². The number of nitrogens with one attached hydrogen (secondary N) is 1. The van der Waals surface area contributed by atoms with Gasteiger partial charge in [0.25, 0.3) is 0 Å². The van der Waals surface area contributed by atoms with Gasteiger partial charge in [-0.1, -0.05) is 12.1 Å². The molecule has 21 heavy (non-hydrogen) atoms. The molecule has 1 rings (SSSR count). The van der Waals surface area contributed by atoms with Gasteiger partial charge in [-0.25, -0.2) is 9.18 Å². The molecule has 6 heteroatoms. The number of hydrogen-bond acceptors (Lipinski definition) is 2. The van der Waals surface area contributed by atoms with Crippen LogP contribution in [0, 0.1) is 5.82 Å². The lowest BCUT2D eigenvalue weighted by Gasteiger charge is -2.21. The van der Waals surface area contributed by atoms with Gasteiger partial charge in [0.15, 0.2) is 0 Å². The number of carboxylic acids is 1. The van der Waals surface area contributed by atoms with E-state index >= 15 is 0 Å². The van der Waals surface area contributed by atoms with Gasteiger partial charge >= 0.3 is 12.0 Å². The Bertz CT molecular complexity index is 476. The first-order valence-corrected chi connectivity index (χ1v) is 6.86. The second kappa shape index (κ2) is 8.24. The van der Waals surface area contributed by atoms with Crippen LogP contribution in [0.25, 0.3) is 0 Å². The molecule has 0 fully saturated rings. The summed E-state index contributed by atoms with van der Waals surface area (Å²) in [4.78, 5) is 23.9. The minimum Gasteiger partial charge on any atom is -0.481 e. The molecule has 0 saturated carbocycles. The van der Waals surface area contributed by atoms with Gasteiger partial charge < -0.3 is 15.3 Å². The molecule has 0 heterocycles. The fourth-order valence-electron chi connectivity index (χ4n) is 1.89. The number of carboxylic acid groups (broad SMARTS) is 1. The number of rotatable bonds is 7. The molecule has 1 atom stereocenters. The highest BCUT2D eigenvalue weighted by atomic mass is 19.1. The maximum absolute atomic E-state index is 12.8. The van der Waals surface area contributed by atoms with E-state index in [9.17, 15) is 14.0 Å². The first kappa shape index (κ1) is 16.9.